The van der Waals surface area contributed by atoms with Crippen LogP contribution < -0.4 is 4.74 Å². The van der Waals surface area contributed by atoms with Crippen molar-refractivity contribution in [1.82, 2.24) is 9.97 Å². The topological polar surface area (TPSA) is 48.6 Å². The first kappa shape index (κ1) is 18.6. The van der Waals surface area contributed by atoms with Crippen LogP contribution in [0.2, 0.25) is 0 Å². The van der Waals surface area contributed by atoms with Gasteiger partial charge in [0, 0.05) is 12.0 Å². The number of ether oxygens (including phenoxy) is 2. The molecule has 2 aromatic heterocycles. The molecule has 144 valence electrons. The number of hydrogen-bond acceptors (Lipinski definition) is 5. The fourth-order valence-electron chi connectivity index (χ4n) is 4.63. The van der Waals surface area contributed by atoms with Gasteiger partial charge in [0.2, 0.25) is 5.88 Å². The van der Waals surface area contributed by atoms with Crippen LogP contribution in [0.15, 0.2) is 6.33 Å². The summed E-state index contributed by atoms with van der Waals surface area (Å²) in [7, 11) is 1.62. The SMILES string of the molecule is [C-]#[N+][C@@H](C[C@H]1CCc2sc3ncnc(OC4CCC(CC)CC4)c3c21)OC. The lowest BCUT2D eigenvalue weighted by Gasteiger charge is -2.28. The molecule has 2 aromatic rings. The highest BCUT2D eigenvalue weighted by Crippen LogP contribution is 2.48. The summed E-state index contributed by atoms with van der Waals surface area (Å²) in [6.45, 7) is 9.61. The van der Waals surface area contributed by atoms with Crippen molar-refractivity contribution in [1.29, 1.82) is 0 Å². The lowest BCUT2D eigenvalue weighted by Crippen LogP contribution is -2.24. The second-order valence-corrected chi connectivity index (χ2v) is 8.84. The van der Waals surface area contributed by atoms with E-state index >= 15 is 0 Å². The third-order valence-electron chi connectivity index (χ3n) is 6.25. The molecule has 1 fully saturated rings. The zero-order valence-electron chi connectivity index (χ0n) is 16.1. The van der Waals surface area contributed by atoms with Gasteiger partial charge in [0.25, 0.3) is 0 Å². The summed E-state index contributed by atoms with van der Waals surface area (Å²) in [6, 6.07) is 0. The van der Waals surface area contributed by atoms with Crippen LogP contribution in [-0.4, -0.2) is 29.4 Å². The van der Waals surface area contributed by atoms with E-state index in [1.165, 1.54) is 29.7 Å². The maximum absolute atomic E-state index is 7.33. The number of rotatable bonds is 6. The highest BCUT2D eigenvalue weighted by atomic mass is 32.1. The van der Waals surface area contributed by atoms with Crippen LogP contribution in [0.25, 0.3) is 15.1 Å². The van der Waals surface area contributed by atoms with E-state index in [1.807, 2.05) is 0 Å². The Morgan fingerprint density at radius 3 is 2.78 bits per heavy atom. The van der Waals surface area contributed by atoms with Crippen molar-refractivity contribution in [2.75, 3.05) is 7.11 Å². The Hall–Kier alpha value is -1.71. The predicted molar refractivity (Wildman–Crippen MR) is 107 cm³/mol. The second-order valence-electron chi connectivity index (χ2n) is 7.76. The van der Waals surface area contributed by atoms with E-state index in [0.29, 0.717) is 5.92 Å². The number of thiophene rings is 1. The fraction of sp³-hybridized carbons (Fsp3) is 0.667. The number of hydrogen-bond donors (Lipinski definition) is 0. The number of fused-ring (bicyclic) bond motifs is 3. The minimum atomic E-state index is -0.380. The van der Waals surface area contributed by atoms with Crippen molar-refractivity contribution in [2.45, 2.75) is 76.5 Å². The molecule has 4 rings (SSSR count). The number of aromatic nitrogens is 2. The van der Waals surface area contributed by atoms with E-state index in [-0.39, 0.29) is 12.3 Å². The normalized spacial score (nSPS) is 25.9. The molecule has 2 aliphatic carbocycles. The maximum Gasteiger partial charge on any atom is 0.328 e. The summed E-state index contributed by atoms with van der Waals surface area (Å²) in [6.07, 6.45) is 10.4. The molecule has 0 aromatic carbocycles. The van der Waals surface area contributed by atoms with Crippen LogP contribution in [-0.2, 0) is 11.2 Å². The number of nitrogens with zero attached hydrogens (tertiary/aromatic N) is 3. The largest absolute Gasteiger partial charge is 0.474 e. The number of aryl methyl sites for hydroxylation is 1. The van der Waals surface area contributed by atoms with Gasteiger partial charge in [-0.2, -0.15) is 0 Å². The van der Waals surface area contributed by atoms with Crippen LogP contribution in [0.4, 0.5) is 0 Å². The summed E-state index contributed by atoms with van der Waals surface area (Å²) in [5.74, 6) is 1.93. The van der Waals surface area contributed by atoms with Crippen LogP contribution in [0, 0.1) is 12.5 Å². The minimum absolute atomic E-state index is 0.260. The Morgan fingerprint density at radius 2 is 2.07 bits per heavy atom. The van der Waals surface area contributed by atoms with Gasteiger partial charge in [-0.05, 0) is 55.9 Å². The lowest BCUT2D eigenvalue weighted by atomic mass is 9.86. The van der Waals surface area contributed by atoms with Gasteiger partial charge in [-0.1, -0.05) is 13.3 Å². The van der Waals surface area contributed by atoms with Gasteiger partial charge in [0.15, 0.2) is 0 Å². The van der Waals surface area contributed by atoms with Crippen LogP contribution >= 0.6 is 11.3 Å². The molecule has 0 amide bonds. The summed E-state index contributed by atoms with van der Waals surface area (Å²) in [5, 5.41) is 1.09. The highest BCUT2D eigenvalue weighted by Gasteiger charge is 2.34. The third-order valence-corrected chi connectivity index (χ3v) is 7.42. The van der Waals surface area contributed by atoms with Crippen molar-refractivity contribution in [3.63, 3.8) is 0 Å². The summed E-state index contributed by atoms with van der Waals surface area (Å²) in [4.78, 5) is 15.1. The molecule has 2 heterocycles. The monoisotopic (exact) mass is 385 g/mol. The van der Waals surface area contributed by atoms with E-state index in [9.17, 15) is 0 Å². The van der Waals surface area contributed by atoms with E-state index < -0.39 is 0 Å². The summed E-state index contributed by atoms with van der Waals surface area (Å²) in [5.41, 5.74) is 1.32. The Morgan fingerprint density at radius 1 is 1.26 bits per heavy atom. The molecule has 0 unspecified atom stereocenters. The van der Waals surface area contributed by atoms with Gasteiger partial charge in [-0.25, -0.2) is 16.5 Å². The zero-order valence-corrected chi connectivity index (χ0v) is 16.9. The quantitative estimate of drug-likeness (QED) is 0.629. The van der Waals surface area contributed by atoms with E-state index in [0.717, 1.165) is 54.1 Å². The highest BCUT2D eigenvalue weighted by molar-refractivity contribution is 7.19. The number of methoxy groups -OCH3 is 1. The maximum atomic E-state index is 7.33. The average Bonchev–Trinajstić information content (AvgIpc) is 3.26. The van der Waals surface area contributed by atoms with E-state index in [4.69, 9.17) is 16.0 Å². The Balaban J connectivity index is 1.61. The molecule has 0 aliphatic heterocycles. The molecule has 0 N–H and O–H groups in total. The van der Waals surface area contributed by atoms with Crippen LogP contribution in [0.5, 0.6) is 5.88 Å². The molecule has 5 nitrogen and oxygen atoms in total. The molecule has 6 heteroatoms. The fourth-order valence-corrected chi connectivity index (χ4v) is 5.86. The van der Waals surface area contributed by atoms with Gasteiger partial charge in [0.05, 0.1) is 11.8 Å². The van der Waals surface area contributed by atoms with E-state index in [1.54, 1.807) is 24.8 Å². The van der Waals surface area contributed by atoms with Gasteiger partial charge in [-0.3, -0.25) is 4.85 Å². The molecule has 2 aliphatic rings. The van der Waals surface area contributed by atoms with Gasteiger partial charge >= 0.3 is 6.23 Å². The molecule has 0 bridgehead atoms. The molecule has 0 spiro atoms. The molecule has 1 saturated carbocycles. The Bertz CT molecular complexity index is 836. The lowest BCUT2D eigenvalue weighted by molar-refractivity contribution is 0.124. The van der Waals surface area contributed by atoms with E-state index in [2.05, 4.69) is 21.7 Å². The van der Waals surface area contributed by atoms with Crippen molar-refractivity contribution < 1.29 is 9.47 Å². The van der Waals surface area contributed by atoms with Crippen LogP contribution in [0.3, 0.4) is 0 Å². The first-order chi connectivity index (χ1) is 13.2. The summed E-state index contributed by atoms with van der Waals surface area (Å²) >= 11 is 1.76. The first-order valence-electron chi connectivity index (χ1n) is 10.1. The average molecular weight is 386 g/mol. The van der Waals surface area contributed by atoms with Crippen molar-refractivity contribution in [2.24, 2.45) is 5.92 Å². The van der Waals surface area contributed by atoms with Crippen molar-refractivity contribution >= 4 is 21.6 Å². The summed E-state index contributed by atoms with van der Waals surface area (Å²) < 4.78 is 11.7. The van der Waals surface area contributed by atoms with Gasteiger partial charge in [-0.15, -0.1) is 11.3 Å². The molecule has 0 radical (unpaired) electrons. The third kappa shape index (κ3) is 3.68. The van der Waals surface area contributed by atoms with Gasteiger partial charge < -0.3 is 9.47 Å². The second kappa shape index (κ2) is 8.12. The Kier molecular flexibility index (Phi) is 5.60. The van der Waals surface area contributed by atoms with Gasteiger partial charge in [0.1, 0.15) is 17.3 Å². The molecular weight excluding hydrogens is 358 g/mol. The van der Waals surface area contributed by atoms with Crippen LogP contribution in [0.1, 0.15) is 68.2 Å². The smallest absolute Gasteiger partial charge is 0.328 e. The molecular formula is C21H27N3O2S. The minimum Gasteiger partial charge on any atom is -0.474 e. The first-order valence-corrected chi connectivity index (χ1v) is 10.9. The zero-order chi connectivity index (χ0) is 18.8. The Labute approximate surface area is 164 Å². The van der Waals surface area contributed by atoms with Crippen molar-refractivity contribution in [3.8, 4) is 5.88 Å². The van der Waals surface area contributed by atoms with Crippen molar-refractivity contribution in [3.05, 3.63) is 28.2 Å². The molecule has 0 saturated heterocycles. The molecule has 27 heavy (non-hydrogen) atoms. The predicted octanol–water partition coefficient (Wildman–Crippen LogP) is 5.35. The standard InChI is InChI=1S/C21H27N3O2S/c1-4-13-5-8-15(9-6-13)26-20-19-18-14(11-17(22-2)25-3)7-10-16(18)27-21(19)24-12-23-20/h12-15,17H,4-11H2,1,3H3/t13?,14-,15?,17-/m1/s1. The molecule has 2 atom stereocenters.